The van der Waals surface area contributed by atoms with Crippen LogP contribution in [0, 0.1) is 11.3 Å². The molecule has 2 amide bonds. The van der Waals surface area contributed by atoms with Gasteiger partial charge < -0.3 is 15.0 Å². The van der Waals surface area contributed by atoms with Crippen LogP contribution >= 0.6 is 0 Å². The van der Waals surface area contributed by atoms with E-state index in [2.05, 4.69) is 12.2 Å². The lowest BCUT2D eigenvalue weighted by Crippen LogP contribution is -2.46. The maximum absolute atomic E-state index is 13.0. The first-order valence-corrected chi connectivity index (χ1v) is 10.0. The number of benzene rings is 2. The van der Waals surface area contributed by atoms with Crippen molar-refractivity contribution in [1.29, 1.82) is 0 Å². The fourth-order valence-corrected chi connectivity index (χ4v) is 3.69. The van der Waals surface area contributed by atoms with Crippen LogP contribution in [-0.2, 0) is 9.59 Å². The van der Waals surface area contributed by atoms with Crippen LogP contribution in [0.25, 0.3) is 0 Å². The molecule has 0 unspecified atom stereocenters. The van der Waals surface area contributed by atoms with E-state index in [4.69, 9.17) is 4.74 Å². The highest BCUT2D eigenvalue weighted by molar-refractivity contribution is 6.13. The lowest BCUT2D eigenvalue weighted by Gasteiger charge is -2.32. The van der Waals surface area contributed by atoms with Crippen LogP contribution in [0.4, 0.5) is 5.69 Å². The van der Waals surface area contributed by atoms with Crippen LogP contribution in [0.2, 0.25) is 0 Å². The molecule has 0 bridgehead atoms. The number of rotatable bonds is 5. The van der Waals surface area contributed by atoms with Gasteiger partial charge in [0.15, 0.2) is 5.75 Å². The first-order valence-electron chi connectivity index (χ1n) is 10.0. The third-order valence-corrected chi connectivity index (χ3v) is 5.77. The summed E-state index contributed by atoms with van der Waals surface area (Å²) in [6.07, 6.45) is 3.26. The van der Waals surface area contributed by atoms with E-state index < -0.39 is 5.41 Å². The van der Waals surface area contributed by atoms with Crippen molar-refractivity contribution in [2.45, 2.75) is 32.6 Å². The van der Waals surface area contributed by atoms with E-state index >= 15 is 0 Å². The monoisotopic (exact) mass is 378 g/mol. The van der Waals surface area contributed by atoms with Gasteiger partial charge in [0, 0.05) is 13.1 Å². The molecule has 1 aliphatic carbocycles. The standard InChI is InChI=1S/C23H26N2O3/c1-17-11-15-25(16-12-17)22(27)23(13-14-23)21(26)24-19-9-5-6-10-20(19)28-18-7-3-2-4-8-18/h2-10,17H,11-16H2,1H3,(H,24,26). The Balaban J connectivity index is 1.47. The molecule has 0 spiro atoms. The number of para-hydroxylation sites is 3. The molecule has 2 fully saturated rings. The maximum Gasteiger partial charge on any atom is 0.240 e. The predicted molar refractivity (Wildman–Crippen MR) is 108 cm³/mol. The van der Waals surface area contributed by atoms with Gasteiger partial charge in [-0.3, -0.25) is 9.59 Å². The van der Waals surface area contributed by atoms with Gasteiger partial charge in [0.25, 0.3) is 0 Å². The second-order valence-electron chi connectivity index (χ2n) is 7.92. The first-order chi connectivity index (χ1) is 13.6. The molecule has 2 aromatic rings. The van der Waals surface area contributed by atoms with Crippen LogP contribution in [-0.4, -0.2) is 29.8 Å². The van der Waals surface area contributed by atoms with Crippen molar-refractivity contribution in [2.75, 3.05) is 18.4 Å². The van der Waals surface area contributed by atoms with Crippen molar-refractivity contribution >= 4 is 17.5 Å². The summed E-state index contributed by atoms with van der Waals surface area (Å²) in [7, 11) is 0. The van der Waals surface area contributed by atoms with E-state index in [-0.39, 0.29) is 11.8 Å². The third-order valence-electron chi connectivity index (χ3n) is 5.77. The Bertz CT molecular complexity index is 853. The number of nitrogens with one attached hydrogen (secondary N) is 1. The largest absolute Gasteiger partial charge is 0.455 e. The third kappa shape index (κ3) is 3.75. The molecule has 1 heterocycles. The first kappa shape index (κ1) is 18.5. The summed E-state index contributed by atoms with van der Waals surface area (Å²) in [6, 6.07) is 16.8. The summed E-state index contributed by atoms with van der Waals surface area (Å²) in [4.78, 5) is 27.9. The Morgan fingerprint density at radius 3 is 2.32 bits per heavy atom. The Hall–Kier alpha value is -2.82. The normalized spacial score (nSPS) is 18.4. The minimum atomic E-state index is -0.902. The van der Waals surface area contributed by atoms with Crippen molar-refractivity contribution in [3.63, 3.8) is 0 Å². The molecule has 2 aliphatic rings. The van der Waals surface area contributed by atoms with Gasteiger partial charge in [0.05, 0.1) is 5.69 Å². The topological polar surface area (TPSA) is 58.6 Å². The number of hydrogen-bond acceptors (Lipinski definition) is 3. The molecule has 1 aliphatic heterocycles. The molecular formula is C23H26N2O3. The molecule has 0 aromatic heterocycles. The molecular weight excluding hydrogens is 352 g/mol. The highest BCUT2D eigenvalue weighted by Crippen LogP contribution is 2.49. The fraction of sp³-hybridized carbons (Fsp3) is 0.391. The van der Waals surface area contributed by atoms with Crippen molar-refractivity contribution in [1.82, 2.24) is 4.90 Å². The van der Waals surface area contributed by atoms with E-state index in [9.17, 15) is 9.59 Å². The van der Waals surface area contributed by atoms with Gasteiger partial charge in [-0.2, -0.15) is 0 Å². The Labute approximate surface area is 165 Å². The summed E-state index contributed by atoms with van der Waals surface area (Å²) in [5.74, 6) is 1.68. The van der Waals surface area contributed by atoms with Gasteiger partial charge in [0.2, 0.25) is 11.8 Å². The van der Waals surface area contributed by atoms with Gasteiger partial charge in [-0.25, -0.2) is 0 Å². The molecule has 2 aromatic carbocycles. The minimum absolute atomic E-state index is 0.0154. The summed E-state index contributed by atoms with van der Waals surface area (Å²) in [5, 5.41) is 2.95. The number of hydrogen-bond donors (Lipinski definition) is 1. The summed E-state index contributed by atoms with van der Waals surface area (Å²) >= 11 is 0. The number of likely N-dealkylation sites (tertiary alicyclic amines) is 1. The van der Waals surface area contributed by atoms with Crippen LogP contribution in [0.3, 0.4) is 0 Å². The fourth-order valence-electron chi connectivity index (χ4n) is 3.69. The predicted octanol–water partition coefficient (Wildman–Crippen LogP) is 4.46. The molecule has 0 radical (unpaired) electrons. The van der Waals surface area contributed by atoms with Gasteiger partial charge in [-0.1, -0.05) is 37.3 Å². The lowest BCUT2D eigenvalue weighted by molar-refractivity contribution is -0.143. The molecule has 1 saturated carbocycles. The van der Waals surface area contributed by atoms with E-state index in [1.165, 1.54) is 0 Å². The summed E-state index contributed by atoms with van der Waals surface area (Å²) in [5.41, 5.74) is -0.317. The smallest absolute Gasteiger partial charge is 0.240 e. The second kappa shape index (κ2) is 7.66. The number of nitrogens with zero attached hydrogens (tertiary/aromatic N) is 1. The SMILES string of the molecule is CC1CCN(C(=O)C2(C(=O)Nc3ccccc3Oc3ccccc3)CC2)CC1. The second-order valence-corrected chi connectivity index (χ2v) is 7.92. The maximum atomic E-state index is 13.0. The number of anilines is 1. The van der Waals surface area contributed by atoms with E-state index in [0.717, 1.165) is 25.9 Å². The summed E-state index contributed by atoms with van der Waals surface area (Å²) in [6.45, 7) is 3.72. The van der Waals surface area contributed by atoms with Gasteiger partial charge >= 0.3 is 0 Å². The lowest BCUT2D eigenvalue weighted by atomic mass is 9.96. The molecule has 28 heavy (non-hydrogen) atoms. The van der Waals surface area contributed by atoms with Gasteiger partial charge in [-0.05, 0) is 55.9 Å². The van der Waals surface area contributed by atoms with E-state index in [1.807, 2.05) is 53.4 Å². The van der Waals surface area contributed by atoms with Crippen LogP contribution in [0.5, 0.6) is 11.5 Å². The Morgan fingerprint density at radius 2 is 1.64 bits per heavy atom. The van der Waals surface area contributed by atoms with Crippen molar-refractivity contribution in [3.05, 3.63) is 54.6 Å². The number of amides is 2. The zero-order valence-corrected chi connectivity index (χ0v) is 16.2. The average molecular weight is 378 g/mol. The Kier molecular flexibility index (Phi) is 5.07. The zero-order valence-electron chi connectivity index (χ0n) is 16.2. The molecule has 5 heteroatoms. The molecule has 1 N–H and O–H groups in total. The van der Waals surface area contributed by atoms with Crippen LogP contribution in [0.1, 0.15) is 32.6 Å². The Morgan fingerprint density at radius 1 is 1.00 bits per heavy atom. The van der Waals surface area contributed by atoms with Crippen LogP contribution in [0.15, 0.2) is 54.6 Å². The molecule has 0 atom stereocenters. The quantitative estimate of drug-likeness (QED) is 0.782. The van der Waals surface area contributed by atoms with E-state index in [1.54, 1.807) is 6.07 Å². The number of carbonyl (C=O) groups excluding carboxylic acids is 2. The summed E-state index contributed by atoms with van der Waals surface area (Å²) < 4.78 is 5.92. The zero-order chi connectivity index (χ0) is 19.6. The molecule has 146 valence electrons. The highest BCUT2D eigenvalue weighted by atomic mass is 16.5. The molecule has 4 rings (SSSR count). The number of carbonyl (C=O) groups is 2. The van der Waals surface area contributed by atoms with Crippen LogP contribution < -0.4 is 10.1 Å². The number of piperidine rings is 1. The van der Waals surface area contributed by atoms with Crippen molar-refractivity contribution < 1.29 is 14.3 Å². The highest BCUT2D eigenvalue weighted by Gasteiger charge is 2.58. The number of ether oxygens (including phenoxy) is 1. The van der Waals surface area contributed by atoms with Gasteiger partial charge in [-0.15, -0.1) is 0 Å². The molecule has 1 saturated heterocycles. The molecule has 5 nitrogen and oxygen atoms in total. The van der Waals surface area contributed by atoms with Crippen molar-refractivity contribution in [2.24, 2.45) is 11.3 Å². The van der Waals surface area contributed by atoms with Gasteiger partial charge in [0.1, 0.15) is 11.2 Å². The van der Waals surface area contributed by atoms with E-state index in [0.29, 0.717) is 35.9 Å². The van der Waals surface area contributed by atoms with Crippen molar-refractivity contribution in [3.8, 4) is 11.5 Å². The average Bonchev–Trinajstić information content (AvgIpc) is 3.52. The minimum Gasteiger partial charge on any atom is -0.455 e.